The number of aromatic hydroxyl groups is 1. The first-order chi connectivity index (χ1) is 5.25. The van der Waals surface area contributed by atoms with E-state index >= 15 is 0 Å². The van der Waals surface area contributed by atoms with Crippen LogP contribution in [0.3, 0.4) is 0 Å². The molecule has 0 atom stereocenters. The highest BCUT2D eigenvalue weighted by Crippen LogP contribution is 2.24. The summed E-state index contributed by atoms with van der Waals surface area (Å²) in [4.78, 5) is 0. The molecule has 1 aromatic rings. The predicted octanol–water partition coefficient (Wildman–Crippen LogP) is 2.11. The Morgan fingerprint density at radius 2 is 2.27 bits per heavy atom. The number of hydrogen-bond donors (Lipinski definition) is 1. The lowest BCUT2D eigenvalue weighted by Gasteiger charge is -2.00. The van der Waals surface area contributed by atoms with Crippen LogP contribution in [0.5, 0.6) is 5.75 Å². The monoisotopic (exact) mass is 167 g/mol. The quantitative estimate of drug-likeness (QED) is 0.696. The van der Waals surface area contributed by atoms with Crippen molar-refractivity contribution in [1.82, 2.24) is 0 Å². The molecule has 0 aromatic heterocycles. The first-order valence-electron chi connectivity index (χ1n) is 3.09. The highest BCUT2D eigenvalue weighted by Gasteiger charge is 2.03. The number of phenolic OH excluding ortho intramolecular Hbond substituents is 1. The SMILES string of the molecule is N#CCc1c(O)cccc1Cl. The molecule has 2 nitrogen and oxygen atoms in total. The Morgan fingerprint density at radius 3 is 2.82 bits per heavy atom. The van der Waals surface area contributed by atoms with Crippen molar-refractivity contribution >= 4 is 11.6 Å². The molecule has 1 N–H and O–H groups in total. The minimum absolute atomic E-state index is 0.0825. The van der Waals surface area contributed by atoms with Crippen molar-refractivity contribution in [3.8, 4) is 11.8 Å². The zero-order valence-electron chi connectivity index (χ0n) is 5.71. The van der Waals surface area contributed by atoms with Crippen LogP contribution in [0, 0.1) is 11.3 Å². The van der Waals surface area contributed by atoms with E-state index in [1.807, 2.05) is 6.07 Å². The van der Waals surface area contributed by atoms with Gasteiger partial charge in [-0.05, 0) is 12.1 Å². The van der Waals surface area contributed by atoms with Crippen molar-refractivity contribution in [2.75, 3.05) is 0 Å². The molecule has 0 radical (unpaired) electrons. The fourth-order valence-electron chi connectivity index (χ4n) is 0.801. The zero-order valence-corrected chi connectivity index (χ0v) is 6.47. The first kappa shape index (κ1) is 7.90. The molecule has 0 fully saturated rings. The maximum absolute atomic E-state index is 9.19. The van der Waals surface area contributed by atoms with Crippen LogP contribution in [-0.2, 0) is 6.42 Å². The van der Waals surface area contributed by atoms with Crippen molar-refractivity contribution in [3.63, 3.8) is 0 Å². The van der Waals surface area contributed by atoms with Crippen molar-refractivity contribution < 1.29 is 5.11 Å². The van der Waals surface area contributed by atoms with Gasteiger partial charge in [0.15, 0.2) is 0 Å². The molecule has 11 heavy (non-hydrogen) atoms. The van der Waals surface area contributed by atoms with Crippen molar-refractivity contribution in [2.24, 2.45) is 0 Å². The number of nitriles is 1. The Labute approximate surface area is 69.7 Å². The highest BCUT2D eigenvalue weighted by atomic mass is 35.5. The lowest BCUT2D eigenvalue weighted by atomic mass is 10.1. The van der Waals surface area contributed by atoms with Gasteiger partial charge in [-0.3, -0.25) is 0 Å². The van der Waals surface area contributed by atoms with Crippen molar-refractivity contribution in [2.45, 2.75) is 6.42 Å². The van der Waals surface area contributed by atoms with E-state index in [1.54, 1.807) is 12.1 Å². The summed E-state index contributed by atoms with van der Waals surface area (Å²) >= 11 is 5.70. The van der Waals surface area contributed by atoms with Crippen LogP contribution >= 0.6 is 11.6 Å². The number of nitrogens with zero attached hydrogens (tertiary/aromatic N) is 1. The molecule has 0 unspecified atom stereocenters. The predicted molar refractivity (Wildman–Crippen MR) is 42.4 cm³/mol. The molecule has 0 saturated heterocycles. The van der Waals surface area contributed by atoms with Crippen LogP contribution in [0.4, 0.5) is 0 Å². The maximum Gasteiger partial charge on any atom is 0.121 e. The minimum Gasteiger partial charge on any atom is -0.508 e. The van der Waals surface area contributed by atoms with E-state index in [9.17, 15) is 5.11 Å². The summed E-state index contributed by atoms with van der Waals surface area (Å²) in [5.41, 5.74) is 0.497. The largest absolute Gasteiger partial charge is 0.508 e. The van der Waals surface area contributed by atoms with E-state index in [0.29, 0.717) is 10.6 Å². The molecule has 0 aliphatic carbocycles. The third kappa shape index (κ3) is 1.63. The molecule has 1 aromatic carbocycles. The van der Waals surface area contributed by atoms with Gasteiger partial charge in [-0.1, -0.05) is 17.7 Å². The van der Waals surface area contributed by atoms with Crippen LogP contribution in [0.1, 0.15) is 5.56 Å². The number of halogens is 1. The molecule has 3 heteroatoms. The molecule has 0 spiro atoms. The van der Waals surface area contributed by atoms with Crippen molar-refractivity contribution in [3.05, 3.63) is 28.8 Å². The Kier molecular flexibility index (Phi) is 2.35. The molecule has 0 bridgehead atoms. The normalized spacial score (nSPS) is 9.09. The van der Waals surface area contributed by atoms with Gasteiger partial charge in [0.2, 0.25) is 0 Å². The Balaban J connectivity index is 3.12. The Bertz CT molecular complexity index is 283. The summed E-state index contributed by atoms with van der Waals surface area (Å²) < 4.78 is 0. The fourth-order valence-corrected chi connectivity index (χ4v) is 1.04. The second kappa shape index (κ2) is 3.27. The summed E-state index contributed by atoms with van der Waals surface area (Å²) in [6.07, 6.45) is 0.144. The van der Waals surface area contributed by atoms with Gasteiger partial charge in [0.25, 0.3) is 0 Å². The smallest absolute Gasteiger partial charge is 0.121 e. The maximum atomic E-state index is 9.19. The average molecular weight is 168 g/mol. The molecule has 0 aliphatic rings. The summed E-state index contributed by atoms with van der Waals surface area (Å²) in [5, 5.41) is 18.0. The van der Waals surface area contributed by atoms with Crippen molar-refractivity contribution in [1.29, 1.82) is 5.26 Å². The van der Waals surface area contributed by atoms with Crippen LogP contribution < -0.4 is 0 Å². The fraction of sp³-hybridized carbons (Fsp3) is 0.125. The number of phenols is 1. The number of hydrogen-bond acceptors (Lipinski definition) is 2. The van der Waals surface area contributed by atoms with Gasteiger partial charge in [-0.15, -0.1) is 0 Å². The summed E-state index contributed by atoms with van der Waals surface area (Å²) in [6, 6.07) is 6.72. The highest BCUT2D eigenvalue weighted by molar-refractivity contribution is 6.31. The molecular formula is C8H6ClNO. The summed E-state index contributed by atoms with van der Waals surface area (Å²) in [5.74, 6) is 0.0825. The third-order valence-corrected chi connectivity index (χ3v) is 1.70. The summed E-state index contributed by atoms with van der Waals surface area (Å²) in [7, 11) is 0. The average Bonchev–Trinajstić information content (AvgIpc) is 1.97. The second-order valence-corrected chi connectivity index (χ2v) is 2.48. The number of rotatable bonds is 1. The van der Waals surface area contributed by atoms with Gasteiger partial charge in [-0.25, -0.2) is 0 Å². The standard InChI is InChI=1S/C8H6ClNO/c9-7-2-1-3-8(11)6(7)4-5-10/h1-3,11H,4H2. The van der Waals surface area contributed by atoms with Gasteiger partial charge in [0.1, 0.15) is 5.75 Å². The van der Waals surface area contributed by atoms with Gasteiger partial charge in [0.05, 0.1) is 12.5 Å². The van der Waals surface area contributed by atoms with Gasteiger partial charge in [-0.2, -0.15) is 5.26 Å². The summed E-state index contributed by atoms with van der Waals surface area (Å²) in [6.45, 7) is 0. The van der Waals surface area contributed by atoms with Gasteiger partial charge >= 0.3 is 0 Å². The molecule has 0 heterocycles. The first-order valence-corrected chi connectivity index (χ1v) is 3.47. The zero-order chi connectivity index (χ0) is 8.27. The van der Waals surface area contributed by atoms with Gasteiger partial charge in [0, 0.05) is 10.6 Å². The second-order valence-electron chi connectivity index (χ2n) is 2.07. The molecule has 0 aliphatic heterocycles. The third-order valence-electron chi connectivity index (χ3n) is 1.35. The van der Waals surface area contributed by atoms with E-state index in [4.69, 9.17) is 16.9 Å². The van der Waals surface area contributed by atoms with Gasteiger partial charge < -0.3 is 5.11 Å². The molecule has 1 rings (SSSR count). The lowest BCUT2D eigenvalue weighted by molar-refractivity contribution is 0.470. The Hall–Kier alpha value is -1.20. The van der Waals surface area contributed by atoms with E-state index in [1.165, 1.54) is 6.07 Å². The molecule has 0 saturated carbocycles. The Morgan fingerprint density at radius 1 is 1.55 bits per heavy atom. The van der Waals surface area contributed by atoms with E-state index < -0.39 is 0 Å². The minimum atomic E-state index is 0.0825. The lowest BCUT2D eigenvalue weighted by Crippen LogP contribution is -1.83. The molecule has 0 amide bonds. The number of benzene rings is 1. The molecule has 56 valence electrons. The van der Waals surface area contributed by atoms with E-state index in [0.717, 1.165) is 0 Å². The van der Waals surface area contributed by atoms with Crippen LogP contribution in [0.15, 0.2) is 18.2 Å². The van der Waals surface area contributed by atoms with E-state index in [-0.39, 0.29) is 12.2 Å². The molecular weight excluding hydrogens is 162 g/mol. The van der Waals surface area contributed by atoms with Crippen LogP contribution in [0.2, 0.25) is 5.02 Å². The topological polar surface area (TPSA) is 44.0 Å². The van der Waals surface area contributed by atoms with E-state index in [2.05, 4.69) is 0 Å². The van der Waals surface area contributed by atoms with Crippen LogP contribution in [0.25, 0.3) is 0 Å². The van der Waals surface area contributed by atoms with Crippen LogP contribution in [-0.4, -0.2) is 5.11 Å².